The Labute approximate surface area is 225 Å². The highest BCUT2D eigenvalue weighted by molar-refractivity contribution is 6.16. The van der Waals surface area contributed by atoms with E-state index in [4.69, 9.17) is 0 Å². The van der Waals surface area contributed by atoms with Crippen molar-refractivity contribution in [2.75, 3.05) is 25.0 Å². The fraction of sp³-hybridized carbons (Fsp3) is 0.312. The molecule has 0 aromatic heterocycles. The lowest BCUT2D eigenvalue weighted by molar-refractivity contribution is -0.145. The molecule has 1 unspecified atom stereocenters. The Hall–Kier alpha value is -3.68. The summed E-state index contributed by atoms with van der Waals surface area (Å²) in [7, 11) is 0. The van der Waals surface area contributed by atoms with E-state index in [1.54, 1.807) is 42.5 Å². The standard InChI is InChI=1S/C32H29F2N3O2/c33-24-12-4-1-9-20(24)17-21-18-35-19-31(29(21)38)28(22-10-2-5-13-25(22)34)27-15-7-8-16-37(27)32(31)23-11-3-6-14-26(23)36-30(32)39/h1-6,9-14,17,27-28,35H,7-8,15-16,18-19H2,(H,36,39)/b21-17+/t27-,28-,31?,32-/m0/s1. The number of fused-ring (bicyclic) bond motifs is 5. The van der Waals surface area contributed by atoms with Crippen LogP contribution in [0.2, 0.25) is 0 Å². The van der Waals surface area contributed by atoms with Crippen LogP contribution < -0.4 is 10.6 Å². The van der Waals surface area contributed by atoms with E-state index >= 15 is 9.18 Å². The minimum Gasteiger partial charge on any atom is -0.324 e. The molecule has 7 heteroatoms. The third-order valence-electron chi connectivity index (χ3n) is 9.33. The lowest BCUT2D eigenvalue weighted by atomic mass is 9.55. The van der Waals surface area contributed by atoms with E-state index in [-0.39, 0.29) is 36.6 Å². The van der Waals surface area contributed by atoms with Crippen molar-refractivity contribution in [3.63, 3.8) is 0 Å². The van der Waals surface area contributed by atoms with Crippen LogP contribution in [0.3, 0.4) is 0 Å². The van der Waals surface area contributed by atoms with Crippen LogP contribution in [0.15, 0.2) is 78.4 Å². The van der Waals surface area contributed by atoms with Gasteiger partial charge in [-0.25, -0.2) is 8.78 Å². The second-order valence-corrected chi connectivity index (χ2v) is 11.1. The fourth-order valence-electron chi connectivity index (χ4n) is 7.98. The van der Waals surface area contributed by atoms with Gasteiger partial charge in [-0.15, -0.1) is 0 Å². The Morgan fingerprint density at radius 1 is 0.897 bits per heavy atom. The molecule has 3 fully saturated rings. The molecular weight excluding hydrogens is 496 g/mol. The molecule has 0 radical (unpaired) electrons. The summed E-state index contributed by atoms with van der Waals surface area (Å²) in [6.07, 6.45) is 4.15. The molecule has 2 spiro atoms. The van der Waals surface area contributed by atoms with Crippen LogP contribution in [0.1, 0.15) is 41.9 Å². The van der Waals surface area contributed by atoms with Crippen molar-refractivity contribution in [3.8, 4) is 0 Å². The van der Waals surface area contributed by atoms with E-state index in [0.29, 0.717) is 28.9 Å². The predicted molar refractivity (Wildman–Crippen MR) is 145 cm³/mol. The SMILES string of the molecule is O=C1/C(=C/c2ccccc2F)CNCC12[C@@H](c1ccccc1F)[C@@H]1CCCCN1[C@@]21C(=O)Nc2ccccc21. The number of carbonyl (C=O) groups is 2. The highest BCUT2D eigenvalue weighted by Gasteiger charge is 2.77. The van der Waals surface area contributed by atoms with Crippen molar-refractivity contribution in [2.45, 2.75) is 36.8 Å². The maximum Gasteiger partial charge on any atom is 0.250 e. The zero-order valence-electron chi connectivity index (χ0n) is 21.4. The maximum atomic E-state index is 15.7. The van der Waals surface area contributed by atoms with E-state index in [0.717, 1.165) is 24.8 Å². The lowest BCUT2D eigenvalue weighted by Gasteiger charge is -2.49. The summed E-state index contributed by atoms with van der Waals surface area (Å²) in [6, 6.07) is 20.3. The van der Waals surface area contributed by atoms with Gasteiger partial charge in [-0.1, -0.05) is 61.0 Å². The van der Waals surface area contributed by atoms with Gasteiger partial charge in [-0.2, -0.15) is 0 Å². The van der Waals surface area contributed by atoms with Gasteiger partial charge >= 0.3 is 0 Å². The van der Waals surface area contributed by atoms with Crippen LogP contribution in [0.4, 0.5) is 14.5 Å². The van der Waals surface area contributed by atoms with Crippen molar-refractivity contribution < 1.29 is 18.4 Å². The molecule has 3 aromatic rings. The number of nitrogens with one attached hydrogen (secondary N) is 2. The van der Waals surface area contributed by atoms with Crippen molar-refractivity contribution in [1.29, 1.82) is 0 Å². The number of hydrogen-bond acceptors (Lipinski definition) is 4. The second-order valence-electron chi connectivity index (χ2n) is 11.1. The number of carbonyl (C=O) groups excluding carboxylic acids is 2. The van der Waals surface area contributed by atoms with Gasteiger partial charge in [0.2, 0.25) is 0 Å². The normalized spacial score (nSPS) is 31.1. The van der Waals surface area contributed by atoms with E-state index in [9.17, 15) is 9.18 Å². The minimum absolute atomic E-state index is 0.203. The molecule has 39 heavy (non-hydrogen) atoms. The van der Waals surface area contributed by atoms with Crippen LogP contribution in [-0.2, 0) is 15.1 Å². The predicted octanol–water partition coefficient (Wildman–Crippen LogP) is 5.01. The second kappa shape index (κ2) is 8.93. The number of ketones is 1. The van der Waals surface area contributed by atoms with E-state index < -0.39 is 22.7 Å². The van der Waals surface area contributed by atoms with Gasteiger partial charge in [0.15, 0.2) is 5.78 Å². The molecule has 4 heterocycles. The summed E-state index contributed by atoms with van der Waals surface area (Å²) < 4.78 is 30.4. The Bertz CT molecular complexity index is 1540. The molecule has 0 aliphatic carbocycles. The average Bonchev–Trinajstić information content (AvgIpc) is 3.39. The van der Waals surface area contributed by atoms with E-state index in [2.05, 4.69) is 15.5 Å². The van der Waals surface area contributed by atoms with Crippen LogP contribution in [-0.4, -0.2) is 42.3 Å². The topological polar surface area (TPSA) is 61.4 Å². The minimum atomic E-state index is -1.35. The Balaban J connectivity index is 1.54. The number of rotatable bonds is 2. The number of nitrogens with zero attached hydrogens (tertiary/aromatic N) is 1. The van der Waals surface area contributed by atoms with Crippen LogP contribution >= 0.6 is 0 Å². The first kappa shape index (κ1) is 24.4. The first-order valence-corrected chi connectivity index (χ1v) is 13.6. The average molecular weight is 526 g/mol. The first-order valence-electron chi connectivity index (χ1n) is 13.6. The van der Waals surface area contributed by atoms with Crippen molar-refractivity contribution in [3.05, 3.63) is 107 Å². The number of piperidine rings is 2. The van der Waals surface area contributed by atoms with E-state index in [1.807, 2.05) is 24.3 Å². The molecule has 5 nitrogen and oxygen atoms in total. The molecule has 7 rings (SSSR count). The summed E-state index contributed by atoms with van der Waals surface area (Å²) in [5.41, 5.74) is -0.101. The number of anilines is 1. The molecule has 3 aromatic carbocycles. The monoisotopic (exact) mass is 525 g/mol. The summed E-state index contributed by atoms with van der Waals surface area (Å²) in [6.45, 7) is 1.07. The van der Waals surface area contributed by atoms with E-state index in [1.165, 1.54) is 12.1 Å². The van der Waals surface area contributed by atoms with Crippen molar-refractivity contribution in [1.82, 2.24) is 10.2 Å². The summed E-state index contributed by atoms with van der Waals surface area (Å²) in [5, 5.41) is 6.51. The summed E-state index contributed by atoms with van der Waals surface area (Å²) in [5.74, 6) is -1.87. The molecule has 2 N–H and O–H groups in total. The lowest BCUT2D eigenvalue weighted by Crippen LogP contribution is -2.65. The zero-order valence-corrected chi connectivity index (χ0v) is 21.4. The fourth-order valence-corrected chi connectivity index (χ4v) is 7.98. The number of hydrogen-bond donors (Lipinski definition) is 2. The Morgan fingerprint density at radius 2 is 1.64 bits per heavy atom. The molecule has 3 saturated heterocycles. The number of amides is 1. The third-order valence-corrected chi connectivity index (χ3v) is 9.33. The number of para-hydroxylation sites is 1. The van der Waals surface area contributed by atoms with Crippen molar-refractivity contribution in [2.24, 2.45) is 5.41 Å². The quantitative estimate of drug-likeness (QED) is 0.462. The number of halogens is 2. The first-order chi connectivity index (χ1) is 19.0. The largest absolute Gasteiger partial charge is 0.324 e. The molecule has 0 bridgehead atoms. The molecule has 4 aliphatic heterocycles. The highest BCUT2D eigenvalue weighted by atomic mass is 19.1. The van der Waals surface area contributed by atoms with Crippen LogP contribution in [0.5, 0.6) is 0 Å². The smallest absolute Gasteiger partial charge is 0.250 e. The van der Waals surface area contributed by atoms with Crippen molar-refractivity contribution >= 4 is 23.5 Å². The number of benzene rings is 3. The maximum absolute atomic E-state index is 15.7. The molecule has 4 atom stereocenters. The van der Waals surface area contributed by atoms with Gasteiger partial charge in [0.05, 0.1) is 5.41 Å². The summed E-state index contributed by atoms with van der Waals surface area (Å²) in [4.78, 5) is 31.7. The number of Topliss-reactive ketones (excluding diaryl/α,β-unsaturated/α-hetero) is 1. The molecular formula is C32H29F2N3O2. The molecule has 0 saturated carbocycles. The summed E-state index contributed by atoms with van der Waals surface area (Å²) >= 11 is 0. The van der Waals surface area contributed by atoms with Gasteiger partial charge in [-0.05, 0) is 49.2 Å². The molecule has 198 valence electrons. The highest BCUT2D eigenvalue weighted by Crippen LogP contribution is 2.67. The van der Waals surface area contributed by atoms with Gasteiger partial charge in [-0.3, -0.25) is 14.5 Å². The van der Waals surface area contributed by atoms with Crippen LogP contribution in [0.25, 0.3) is 6.08 Å². The van der Waals surface area contributed by atoms with Crippen LogP contribution in [0, 0.1) is 17.0 Å². The Morgan fingerprint density at radius 3 is 2.46 bits per heavy atom. The van der Waals surface area contributed by atoms with Gasteiger partial charge in [0, 0.05) is 47.4 Å². The zero-order chi connectivity index (χ0) is 26.8. The molecule has 4 aliphatic rings. The van der Waals surface area contributed by atoms with Gasteiger partial charge < -0.3 is 10.6 Å². The van der Waals surface area contributed by atoms with Gasteiger partial charge in [0.25, 0.3) is 5.91 Å². The third kappa shape index (κ3) is 3.17. The molecule has 1 amide bonds. The van der Waals surface area contributed by atoms with Gasteiger partial charge in [0.1, 0.15) is 17.2 Å². The Kier molecular flexibility index (Phi) is 5.58.